The first-order valence-corrected chi connectivity index (χ1v) is 10.2. The number of carbonyl (C=O) groups is 2. The van der Waals surface area contributed by atoms with E-state index in [1.54, 1.807) is 25.1 Å². The molecule has 0 saturated carbocycles. The van der Waals surface area contributed by atoms with Gasteiger partial charge in [0.05, 0.1) is 0 Å². The van der Waals surface area contributed by atoms with Gasteiger partial charge < -0.3 is 15.0 Å². The Labute approximate surface area is 179 Å². The Hall–Kier alpha value is -2.05. The number of benzene rings is 2. The second-order valence-corrected chi connectivity index (χ2v) is 7.71. The predicted molar refractivity (Wildman–Crippen MR) is 115 cm³/mol. The SMILES string of the molecule is CCNC(=O)[C@@H](C)N(Cc1ccc(Cl)cc1)C(=O)COc1ccc(Br)c(C)c1. The van der Waals surface area contributed by atoms with Crippen LogP contribution in [0.1, 0.15) is 25.0 Å². The first-order chi connectivity index (χ1) is 13.3. The van der Waals surface area contributed by atoms with Gasteiger partial charge in [0.1, 0.15) is 11.8 Å². The maximum Gasteiger partial charge on any atom is 0.261 e. The third-order valence-corrected chi connectivity index (χ3v) is 5.42. The number of halogens is 2. The summed E-state index contributed by atoms with van der Waals surface area (Å²) in [5.74, 6) is 0.129. The summed E-state index contributed by atoms with van der Waals surface area (Å²) in [6, 6.07) is 12.1. The van der Waals surface area contributed by atoms with Gasteiger partial charge in [0.25, 0.3) is 5.91 Å². The van der Waals surface area contributed by atoms with Gasteiger partial charge >= 0.3 is 0 Å². The van der Waals surface area contributed by atoms with Crippen molar-refractivity contribution in [1.29, 1.82) is 0 Å². The van der Waals surface area contributed by atoms with Crippen molar-refractivity contribution in [3.63, 3.8) is 0 Å². The third kappa shape index (κ3) is 6.24. The highest BCUT2D eigenvalue weighted by atomic mass is 79.9. The molecule has 0 aliphatic carbocycles. The van der Waals surface area contributed by atoms with Crippen LogP contribution in [-0.2, 0) is 16.1 Å². The summed E-state index contributed by atoms with van der Waals surface area (Å²) in [7, 11) is 0. The fourth-order valence-corrected chi connectivity index (χ4v) is 3.00. The normalized spacial score (nSPS) is 11.6. The van der Waals surface area contributed by atoms with Crippen molar-refractivity contribution in [3.8, 4) is 5.75 Å². The lowest BCUT2D eigenvalue weighted by molar-refractivity contribution is -0.142. The van der Waals surface area contributed by atoms with Crippen LogP contribution >= 0.6 is 27.5 Å². The zero-order valence-electron chi connectivity index (χ0n) is 16.2. The molecule has 0 radical (unpaired) electrons. The van der Waals surface area contributed by atoms with Crippen LogP contribution in [0.15, 0.2) is 46.9 Å². The summed E-state index contributed by atoms with van der Waals surface area (Å²) in [6.07, 6.45) is 0. The van der Waals surface area contributed by atoms with Crippen molar-refractivity contribution in [3.05, 3.63) is 63.1 Å². The van der Waals surface area contributed by atoms with E-state index in [1.807, 2.05) is 38.1 Å². The number of nitrogens with one attached hydrogen (secondary N) is 1. The van der Waals surface area contributed by atoms with E-state index in [4.69, 9.17) is 16.3 Å². The number of hydrogen-bond acceptors (Lipinski definition) is 3. The quantitative estimate of drug-likeness (QED) is 0.628. The molecule has 0 heterocycles. The molecular weight excluding hydrogens is 444 g/mol. The van der Waals surface area contributed by atoms with Crippen molar-refractivity contribution in [2.45, 2.75) is 33.4 Å². The topological polar surface area (TPSA) is 58.6 Å². The van der Waals surface area contributed by atoms with Crippen LogP contribution in [0, 0.1) is 6.92 Å². The first kappa shape index (κ1) is 22.2. The number of carbonyl (C=O) groups excluding carboxylic acids is 2. The maximum absolute atomic E-state index is 12.9. The van der Waals surface area contributed by atoms with Crippen LogP contribution < -0.4 is 10.1 Å². The Kier molecular flexibility index (Phi) is 8.33. The summed E-state index contributed by atoms with van der Waals surface area (Å²) < 4.78 is 6.64. The van der Waals surface area contributed by atoms with Crippen LogP contribution in [0.3, 0.4) is 0 Å². The van der Waals surface area contributed by atoms with E-state index in [1.165, 1.54) is 4.90 Å². The summed E-state index contributed by atoms with van der Waals surface area (Å²) in [4.78, 5) is 26.7. The van der Waals surface area contributed by atoms with Gasteiger partial charge in [-0.15, -0.1) is 0 Å². The van der Waals surface area contributed by atoms with E-state index in [9.17, 15) is 9.59 Å². The molecule has 0 bridgehead atoms. The zero-order valence-corrected chi connectivity index (χ0v) is 18.5. The van der Waals surface area contributed by atoms with Gasteiger partial charge in [0, 0.05) is 22.6 Å². The fraction of sp³-hybridized carbons (Fsp3) is 0.333. The molecule has 0 aliphatic rings. The molecule has 2 amide bonds. The maximum atomic E-state index is 12.9. The van der Waals surface area contributed by atoms with E-state index in [-0.39, 0.29) is 25.0 Å². The second-order valence-electron chi connectivity index (χ2n) is 6.42. The number of aryl methyl sites for hydroxylation is 1. The molecule has 2 aromatic carbocycles. The summed E-state index contributed by atoms with van der Waals surface area (Å²) in [5.41, 5.74) is 1.90. The molecule has 0 fully saturated rings. The largest absolute Gasteiger partial charge is 0.484 e. The lowest BCUT2D eigenvalue weighted by atomic mass is 10.1. The number of rotatable bonds is 8. The molecule has 0 spiro atoms. The number of hydrogen-bond donors (Lipinski definition) is 1. The van der Waals surface area contributed by atoms with E-state index in [2.05, 4.69) is 21.2 Å². The molecule has 2 aromatic rings. The average molecular weight is 468 g/mol. The van der Waals surface area contributed by atoms with Gasteiger partial charge in [0.2, 0.25) is 5.91 Å². The van der Waals surface area contributed by atoms with E-state index in [0.717, 1.165) is 15.6 Å². The zero-order chi connectivity index (χ0) is 20.7. The van der Waals surface area contributed by atoms with Gasteiger partial charge in [-0.25, -0.2) is 0 Å². The number of likely N-dealkylation sites (N-methyl/N-ethyl adjacent to an activating group) is 1. The minimum absolute atomic E-state index is 0.154. The van der Waals surface area contributed by atoms with Gasteiger partial charge in [-0.3, -0.25) is 9.59 Å². The minimum Gasteiger partial charge on any atom is -0.484 e. The average Bonchev–Trinajstić information content (AvgIpc) is 2.68. The highest BCUT2D eigenvalue weighted by Crippen LogP contribution is 2.22. The second kappa shape index (κ2) is 10.5. The Morgan fingerprint density at radius 2 is 1.89 bits per heavy atom. The molecule has 7 heteroatoms. The lowest BCUT2D eigenvalue weighted by Gasteiger charge is -2.28. The molecule has 2 rings (SSSR count). The molecule has 0 saturated heterocycles. The molecule has 0 aromatic heterocycles. The van der Waals surface area contributed by atoms with Gasteiger partial charge in [-0.2, -0.15) is 0 Å². The van der Waals surface area contributed by atoms with Crippen LogP contribution in [-0.4, -0.2) is 35.9 Å². The van der Waals surface area contributed by atoms with Crippen molar-refractivity contribution < 1.29 is 14.3 Å². The smallest absolute Gasteiger partial charge is 0.261 e. The lowest BCUT2D eigenvalue weighted by Crippen LogP contribution is -2.49. The number of ether oxygens (including phenoxy) is 1. The number of nitrogens with zero attached hydrogens (tertiary/aromatic N) is 1. The predicted octanol–water partition coefficient (Wildman–Crippen LogP) is 4.34. The van der Waals surface area contributed by atoms with Gasteiger partial charge in [-0.1, -0.05) is 39.7 Å². The van der Waals surface area contributed by atoms with Crippen LogP contribution in [0.25, 0.3) is 0 Å². The van der Waals surface area contributed by atoms with E-state index in [0.29, 0.717) is 17.3 Å². The molecule has 1 N–H and O–H groups in total. The van der Waals surface area contributed by atoms with Gasteiger partial charge in [0.15, 0.2) is 6.61 Å². The van der Waals surface area contributed by atoms with Crippen molar-refractivity contribution >= 4 is 39.3 Å². The molecule has 1 atom stereocenters. The molecule has 28 heavy (non-hydrogen) atoms. The molecular formula is C21H24BrClN2O3. The van der Waals surface area contributed by atoms with E-state index < -0.39 is 6.04 Å². The highest BCUT2D eigenvalue weighted by Gasteiger charge is 2.26. The summed E-state index contributed by atoms with van der Waals surface area (Å²) in [5, 5.41) is 3.38. The van der Waals surface area contributed by atoms with Crippen molar-refractivity contribution in [2.75, 3.05) is 13.2 Å². The molecule has 150 valence electrons. The Bertz CT molecular complexity index is 827. The standard InChI is InChI=1S/C21H24BrClN2O3/c1-4-24-21(27)15(3)25(12-16-5-7-17(23)8-6-16)20(26)13-28-18-9-10-19(22)14(2)11-18/h5-11,15H,4,12-13H2,1-3H3,(H,24,27)/t15-/m1/s1. The molecule has 0 aliphatic heterocycles. The van der Waals surface area contributed by atoms with Crippen LogP contribution in [0.5, 0.6) is 5.75 Å². The van der Waals surface area contributed by atoms with E-state index >= 15 is 0 Å². The first-order valence-electron chi connectivity index (χ1n) is 9.02. The van der Waals surface area contributed by atoms with Crippen molar-refractivity contribution in [2.24, 2.45) is 0 Å². The van der Waals surface area contributed by atoms with Crippen molar-refractivity contribution in [1.82, 2.24) is 10.2 Å². The molecule has 0 unspecified atom stereocenters. The monoisotopic (exact) mass is 466 g/mol. The van der Waals surface area contributed by atoms with Crippen LogP contribution in [0.2, 0.25) is 5.02 Å². The fourth-order valence-electron chi connectivity index (χ4n) is 2.63. The highest BCUT2D eigenvalue weighted by molar-refractivity contribution is 9.10. The van der Waals surface area contributed by atoms with Crippen LogP contribution in [0.4, 0.5) is 0 Å². The summed E-state index contributed by atoms with van der Waals surface area (Å²) >= 11 is 9.38. The Balaban J connectivity index is 2.13. The number of amides is 2. The third-order valence-electron chi connectivity index (χ3n) is 4.28. The van der Waals surface area contributed by atoms with Gasteiger partial charge in [-0.05, 0) is 62.2 Å². The minimum atomic E-state index is -0.626. The Morgan fingerprint density at radius 3 is 2.50 bits per heavy atom. The summed E-state index contributed by atoms with van der Waals surface area (Å²) in [6.45, 7) is 6.14. The molecule has 5 nitrogen and oxygen atoms in total. The Morgan fingerprint density at radius 1 is 1.21 bits per heavy atom.